The summed E-state index contributed by atoms with van der Waals surface area (Å²) in [7, 11) is 6.72. The number of carbonyl (C=O) groups excluding carboxylic acids is 5. The van der Waals surface area contributed by atoms with Crippen LogP contribution in [0.15, 0.2) is 30.3 Å². The molecule has 0 aromatic heterocycles. The molecule has 1 aromatic carbocycles. The van der Waals surface area contributed by atoms with Crippen LogP contribution in [0.5, 0.6) is 0 Å². The first kappa shape index (κ1) is 47.9. The smallest absolute Gasteiger partial charge is 0.245 e. The van der Waals surface area contributed by atoms with E-state index >= 15 is 0 Å². The number of amides is 5. The van der Waals surface area contributed by atoms with Crippen molar-refractivity contribution in [3.63, 3.8) is 0 Å². The van der Waals surface area contributed by atoms with Crippen molar-refractivity contribution in [1.82, 2.24) is 30.7 Å². The number of morpholine rings is 1. The predicted octanol–water partition coefficient (Wildman–Crippen LogP) is 2.88. The Hall–Kier alpha value is -3.43. The minimum atomic E-state index is -0.772. The third-order valence-electron chi connectivity index (χ3n) is 12.0. The van der Waals surface area contributed by atoms with Crippen molar-refractivity contribution in [2.24, 2.45) is 23.7 Å². The Balaban J connectivity index is 1.80. The van der Waals surface area contributed by atoms with Crippen molar-refractivity contribution in [3.8, 4) is 0 Å². The second kappa shape index (κ2) is 23.2. The average Bonchev–Trinajstić information content (AvgIpc) is 3.67. The van der Waals surface area contributed by atoms with Gasteiger partial charge in [0.25, 0.3) is 0 Å². The Bertz CT molecular complexity index is 1440. The third-order valence-corrected chi connectivity index (χ3v) is 12.0. The summed E-state index contributed by atoms with van der Waals surface area (Å²) in [5.41, 5.74) is 0.935. The summed E-state index contributed by atoms with van der Waals surface area (Å²) in [5.74, 6) is -2.16. The van der Waals surface area contributed by atoms with Gasteiger partial charge >= 0.3 is 0 Å². The van der Waals surface area contributed by atoms with E-state index in [4.69, 9.17) is 14.2 Å². The van der Waals surface area contributed by atoms with Gasteiger partial charge in [0, 0.05) is 46.3 Å². The summed E-state index contributed by atoms with van der Waals surface area (Å²) >= 11 is 0. The maximum Gasteiger partial charge on any atom is 0.245 e. The molecule has 0 saturated carbocycles. The summed E-state index contributed by atoms with van der Waals surface area (Å²) in [6.45, 7) is 16.0. The Labute approximate surface area is 341 Å². The average molecular weight is 801 g/mol. The number of hydrogen-bond acceptors (Lipinski definition) is 10. The van der Waals surface area contributed by atoms with Crippen LogP contribution < -0.4 is 16.0 Å². The number of likely N-dealkylation sites (N-methyl/N-ethyl adjacent to an activating group) is 2. The number of rotatable bonds is 21. The minimum Gasteiger partial charge on any atom is -0.379 e. The minimum absolute atomic E-state index is 0.0135. The molecule has 1 aromatic rings. The van der Waals surface area contributed by atoms with Crippen LogP contribution in [0.25, 0.3) is 0 Å². The van der Waals surface area contributed by atoms with Gasteiger partial charge in [0.05, 0.1) is 55.9 Å². The van der Waals surface area contributed by atoms with Crippen LogP contribution in [-0.4, -0.2) is 148 Å². The second-order valence-corrected chi connectivity index (χ2v) is 16.5. The lowest BCUT2D eigenvalue weighted by Gasteiger charge is -2.43. The van der Waals surface area contributed by atoms with Gasteiger partial charge in [-0.2, -0.15) is 0 Å². The van der Waals surface area contributed by atoms with E-state index in [0.717, 1.165) is 18.4 Å². The molecular formula is C43H72N6O8. The van der Waals surface area contributed by atoms with Crippen LogP contribution >= 0.6 is 0 Å². The molecule has 0 spiro atoms. The van der Waals surface area contributed by atoms with Crippen LogP contribution in [0.1, 0.15) is 79.7 Å². The highest BCUT2D eigenvalue weighted by atomic mass is 16.5. The zero-order valence-electron chi connectivity index (χ0n) is 36.4. The van der Waals surface area contributed by atoms with Crippen molar-refractivity contribution in [2.45, 2.75) is 123 Å². The number of likely N-dealkylation sites (tertiary alicyclic amines) is 1. The molecule has 0 aliphatic carbocycles. The number of hydrogen-bond donors (Lipinski definition) is 3. The summed E-state index contributed by atoms with van der Waals surface area (Å²) in [6.07, 6.45) is 1.37. The van der Waals surface area contributed by atoms with Crippen LogP contribution in [0, 0.1) is 23.7 Å². The fourth-order valence-corrected chi connectivity index (χ4v) is 8.73. The molecule has 3 rings (SSSR count). The van der Waals surface area contributed by atoms with Gasteiger partial charge in [-0.25, -0.2) is 0 Å². The summed E-state index contributed by atoms with van der Waals surface area (Å²) in [5, 5.41) is 8.70. The SMILES string of the molecule is CC[C@H](C)[C@@H]([C@@H](CC(=O)N1CCC[C@H]1[C@H](OC)[C@@H](C)C(=O)N[C@@H](Cc1ccccc1)C(=O)N1CCOCC1)OC)N(C)[C@H](C(=O)NC(=O)[C@@H](NC)C(C)C)C(C)C. The van der Waals surface area contributed by atoms with E-state index < -0.39 is 36.3 Å². The molecule has 14 nitrogen and oxygen atoms in total. The number of nitrogens with one attached hydrogen (secondary N) is 3. The molecule has 322 valence electrons. The molecule has 57 heavy (non-hydrogen) atoms. The zero-order valence-corrected chi connectivity index (χ0v) is 36.4. The fraction of sp³-hybridized carbons (Fsp3) is 0.744. The highest BCUT2D eigenvalue weighted by Crippen LogP contribution is 2.30. The summed E-state index contributed by atoms with van der Waals surface area (Å²) in [4.78, 5) is 74.5. The number of carbonyl (C=O) groups is 5. The first-order valence-electron chi connectivity index (χ1n) is 20.9. The fourth-order valence-electron chi connectivity index (χ4n) is 8.73. The highest BCUT2D eigenvalue weighted by Gasteiger charge is 2.44. The zero-order chi connectivity index (χ0) is 42.4. The summed E-state index contributed by atoms with van der Waals surface area (Å²) in [6, 6.07) is 6.96. The Morgan fingerprint density at radius 3 is 2.09 bits per heavy atom. The normalized spacial score (nSPS) is 20.4. The Kier molecular flexibility index (Phi) is 19.5. The molecule has 0 unspecified atom stereocenters. The second-order valence-electron chi connectivity index (χ2n) is 16.5. The monoisotopic (exact) mass is 801 g/mol. The standard InChI is InChI=1S/C43H72N6O8/c1-12-29(6)38(47(9)37(28(4)5)42(53)46-41(52)36(44-8)27(2)3)34(55-10)26-35(50)49-20-16-19-33(49)39(56-11)30(7)40(51)45-32(25-31-17-14-13-15-18-31)43(54)48-21-23-57-24-22-48/h13-15,17-18,27-30,32-34,36-39,44H,12,16,19-26H2,1-11H3,(H,45,51)(H,46,52,53)/t29-,30+,32-,33-,34+,36-,37-,38-,39+/m0/s1. The van der Waals surface area contributed by atoms with E-state index in [0.29, 0.717) is 45.7 Å². The lowest BCUT2D eigenvalue weighted by atomic mass is 9.87. The molecule has 2 saturated heterocycles. The van der Waals surface area contributed by atoms with E-state index in [1.54, 1.807) is 33.1 Å². The molecule has 3 N–H and O–H groups in total. The molecule has 2 heterocycles. The summed E-state index contributed by atoms with van der Waals surface area (Å²) < 4.78 is 17.6. The largest absolute Gasteiger partial charge is 0.379 e. The van der Waals surface area contributed by atoms with Gasteiger partial charge in [-0.05, 0) is 50.3 Å². The number of imide groups is 1. The van der Waals surface area contributed by atoms with E-state index in [2.05, 4.69) is 29.8 Å². The predicted molar refractivity (Wildman–Crippen MR) is 220 cm³/mol. The van der Waals surface area contributed by atoms with E-state index in [1.165, 1.54) is 0 Å². The maximum atomic E-state index is 14.4. The maximum absolute atomic E-state index is 14.4. The van der Waals surface area contributed by atoms with Crippen LogP contribution in [0.2, 0.25) is 0 Å². The molecule has 14 heteroatoms. The van der Waals surface area contributed by atoms with Gasteiger partial charge in [-0.1, -0.05) is 85.2 Å². The molecule has 2 aliphatic rings. The highest BCUT2D eigenvalue weighted by molar-refractivity contribution is 6.00. The van der Waals surface area contributed by atoms with Gasteiger partial charge in [0.15, 0.2) is 0 Å². The van der Waals surface area contributed by atoms with Gasteiger partial charge < -0.3 is 34.6 Å². The number of methoxy groups -OCH3 is 2. The van der Waals surface area contributed by atoms with Crippen molar-refractivity contribution >= 4 is 29.5 Å². The number of nitrogens with zero attached hydrogens (tertiary/aromatic N) is 3. The molecule has 0 bridgehead atoms. The molecule has 0 radical (unpaired) electrons. The van der Waals surface area contributed by atoms with E-state index in [9.17, 15) is 24.0 Å². The van der Waals surface area contributed by atoms with Crippen molar-refractivity contribution in [1.29, 1.82) is 0 Å². The quantitative estimate of drug-likeness (QED) is 0.169. The first-order valence-corrected chi connectivity index (χ1v) is 20.9. The molecule has 2 fully saturated rings. The first-order chi connectivity index (χ1) is 27.1. The molecule has 9 atom stereocenters. The lowest BCUT2D eigenvalue weighted by Crippen LogP contribution is -2.60. The Morgan fingerprint density at radius 2 is 1.54 bits per heavy atom. The number of benzene rings is 1. The third kappa shape index (κ3) is 12.8. The van der Waals surface area contributed by atoms with Gasteiger partial charge in [0.1, 0.15) is 6.04 Å². The molecule has 5 amide bonds. The van der Waals surface area contributed by atoms with Gasteiger partial charge in [0.2, 0.25) is 29.5 Å². The molecule has 2 aliphatic heterocycles. The lowest BCUT2D eigenvalue weighted by molar-refractivity contribution is -0.145. The van der Waals surface area contributed by atoms with Crippen LogP contribution in [-0.2, 0) is 44.6 Å². The molecular weight excluding hydrogens is 729 g/mol. The van der Waals surface area contributed by atoms with Crippen LogP contribution in [0.4, 0.5) is 0 Å². The number of ether oxygens (including phenoxy) is 3. The van der Waals surface area contributed by atoms with Crippen molar-refractivity contribution in [3.05, 3.63) is 35.9 Å². The Morgan fingerprint density at radius 1 is 0.895 bits per heavy atom. The topological polar surface area (TPSA) is 159 Å². The van der Waals surface area contributed by atoms with Gasteiger partial charge in [-0.15, -0.1) is 0 Å². The van der Waals surface area contributed by atoms with E-state index in [-0.39, 0.29) is 65.8 Å². The van der Waals surface area contributed by atoms with Crippen molar-refractivity contribution in [2.75, 3.05) is 61.2 Å². The van der Waals surface area contributed by atoms with Crippen molar-refractivity contribution < 1.29 is 38.2 Å². The van der Waals surface area contributed by atoms with Gasteiger partial charge in [-0.3, -0.25) is 34.2 Å². The van der Waals surface area contributed by atoms with Crippen LogP contribution in [0.3, 0.4) is 0 Å². The van der Waals surface area contributed by atoms with E-state index in [1.807, 2.05) is 74.9 Å².